The van der Waals surface area contributed by atoms with E-state index < -0.39 is 5.91 Å². The molecule has 1 unspecified atom stereocenters. The van der Waals surface area contributed by atoms with Crippen molar-refractivity contribution in [1.29, 1.82) is 0 Å². The van der Waals surface area contributed by atoms with E-state index in [2.05, 4.69) is 4.98 Å². The quantitative estimate of drug-likeness (QED) is 0.641. The highest BCUT2D eigenvalue weighted by Crippen LogP contribution is 2.37. The van der Waals surface area contributed by atoms with Gasteiger partial charge in [0.25, 0.3) is 0 Å². The molecule has 1 amide bonds. The van der Waals surface area contributed by atoms with E-state index in [1.54, 1.807) is 12.1 Å². The molecular formula is C24H23N5O3. The Labute approximate surface area is 185 Å². The Hall–Kier alpha value is -3.91. The van der Waals surface area contributed by atoms with Gasteiger partial charge in [0.05, 0.1) is 17.1 Å². The molecule has 3 N–H and O–H groups in total. The van der Waals surface area contributed by atoms with Crippen molar-refractivity contribution in [1.82, 2.24) is 15.0 Å². The van der Waals surface area contributed by atoms with E-state index in [0.717, 1.165) is 39.8 Å². The van der Waals surface area contributed by atoms with Crippen molar-refractivity contribution < 1.29 is 14.3 Å². The topological polar surface area (TPSA) is 106 Å². The molecule has 1 aliphatic heterocycles. The van der Waals surface area contributed by atoms with Crippen molar-refractivity contribution in [2.75, 3.05) is 18.7 Å². The summed E-state index contributed by atoms with van der Waals surface area (Å²) in [6.07, 6.45) is 4.56. The molecule has 8 heteroatoms. The summed E-state index contributed by atoms with van der Waals surface area (Å²) in [7, 11) is 1.91. The van der Waals surface area contributed by atoms with Gasteiger partial charge in [0.15, 0.2) is 6.79 Å². The molecule has 1 fully saturated rings. The molecule has 162 valence electrons. The number of pyridine rings is 1. The number of allylic oxidation sites excluding steroid dienone is 2. The molecular weight excluding hydrogens is 406 g/mol. The standard InChI is InChI=1S/C24H23N5O3/c1-14-4-3-5-18(26-14)22-21(16-8-11-19-20(12-16)32-13-31-19)27-24(28-22)29(2)17-9-6-15(7-10-17)23(25)30/h3-11,20H,12-13H2,1-2H3,(H2,25,30)(H,27,28). The first-order chi connectivity index (χ1) is 15.5. The van der Waals surface area contributed by atoms with E-state index in [-0.39, 0.29) is 12.9 Å². The van der Waals surface area contributed by atoms with Gasteiger partial charge in [-0.15, -0.1) is 0 Å². The fourth-order valence-corrected chi connectivity index (χ4v) is 3.89. The van der Waals surface area contributed by atoms with Crippen LogP contribution in [0.25, 0.3) is 17.0 Å². The van der Waals surface area contributed by atoms with Crippen LogP contribution in [-0.4, -0.2) is 40.8 Å². The number of hydrogen-bond acceptors (Lipinski definition) is 6. The monoisotopic (exact) mass is 429 g/mol. The number of rotatable bonds is 5. The molecule has 1 saturated heterocycles. The summed E-state index contributed by atoms with van der Waals surface area (Å²) in [4.78, 5) is 26.4. The average molecular weight is 429 g/mol. The maximum atomic E-state index is 11.4. The molecule has 1 aromatic carbocycles. The third kappa shape index (κ3) is 3.65. The summed E-state index contributed by atoms with van der Waals surface area (Å²) >= 11 is 0. The number of nitrogens with one attached hydrogen (secondary N) is 1. The van der Waals surface area contributed by atoms with Gasteiger partial charge in [-0.2, -0.15) is 0 Å². The fraction of sp³-hybridized carbons (Fsp3) is 0.208. The lowest BCUT2D eigenvalue weighted by molar-refractivity contribution is 0.0515. The van der Waals surface area contributed by atoms with Gasteiger partial charge in [0.2, 0.25) is 11.9 Å². The summed E-state index contributed by atoms with van der Waals surface area (Å²) in [5.74, 6) is 1.05. The number of anilines is 2. The Bertz CT molecular complexity index is 1240. The van der Waals surface area contributed by atoms with Gasteiger partial charge in [-0.05, 0) is 55.0 Å². The molecule has 2 aromatic heterocycles. The summed E-state index contributed by atoms with van der Waals surface area (Å²) in [5, 5.41) is 0. The zero-order valence-electron chi connectivity index (χ0n) is 17.8. The number of primary amides is 1. The van der Waals surface area contributed by atoms with E-state index in [9.17, 15) is 4.79 Å². The Kier molecular flexibility index (Phi) is 4.99. The molecule has 3 heterocycles. The van der Waals surface area contributed by atoms with Crippen LogP contribution in [0.1, 0.15) is 28.2 Å². The van der Waals surface area contributed by atoms with Gasteiger partial charge < -0.3 is 25.1 Å². The lowest BCUT2D eigenvalue weighted by Crippen LogP contribution is -2.14. The number of hydrogen-bond donors (Lipinski definition) is 2. The predicted molar refractivity (Wildman–Crippen MR) is 121 cm³/mol. The molecule has 5 rings (SSSR count). The molecule has 2 aliphatic rings. The highest BCUT2D eigenvalue weighted by Gasteiger charge is 2.30. The normalized spacial score (nSPS) is 17.2. The second-order valence-corrected chi connectivity index (χ2v) is 7.80. The summed E-state index contributed by atoms with van der Waals surface area (Å²) in [6, 6.07) is 13.0. The minimum atomic E-state index is -0.456. The number of aromatic amines is 1. The predicted octanol–water partition coefficient (Wildman–Crippen LogP) is 3.69. The number of ether oxygens (including phenoxy) is 2. The summed E-state index contributed by atoms with van der Waals surface area (Å²) < 4.78 is 11.2. The minimum absolute atomic E-state index is 0.0902. The SMILES string of the molecule is Cc1cccc(-c2[nH]c(N(C)c3ccc(C(N)=O)cc3)nc2C2=CC=C3OCOC3C2)n1. The van der Waals surface area contributed by atoms with Crippen molar-refractivity contribution in [2.45, 2.75) is 19.4 Å². The highest BCUT2D eigenvalue weighted by atomic mass is 16.7. The Morgan fingerprint density at radius 1 is 1.16 bits per heavy atom. The van der Waals surface area contributed by atoms with Crippen molar-refractivity contribution in [2.24, 2.45) is 5.73 Å². The number of H-pyrrole nitrogens is 1. The molecule has 1 atom stereocenters. The van der Waals surface area contributed by atoms with Crippen molar-refractivity contribution >= 4 is 23.1 Å². The van der Waals surface area contributed by atoms with Crippen LogP contribution in [-0.2, 0) is 9.47 Å². The van der Waals surface area contributed by atoms with Gasteiger partial charge in [-0.25, -0.2) is 4.98 Å². The average Bonchev–Trinajstić information content (AvgIpc) is 3.45. The Morgan fingerprint density at radius 2 is 1.97 bits per heavy atom. The molecule has 8 nitrogen and oxygen atoms in total. The van der Waals surface area contributed by atoms with Crippen LogP contribution in [0.5, 0.6) is 0 Å². The second-order valence-electron chi connectivity index (χ2n) is 7.80. The van der Waals surface area contributed by atoms with E-state index in [1.807, 2.05) is 61.4 Å². The molecule has 1 aliphatic carbocycles. The van der Waals surface area contributed by atoms with Crippen molar-refractivity contribution in [3.8, 4) is 11.4 Å². The second kappa shape index (κ2) is 7.97. The van der Waals surface area contributed by atoms with Crippen LogP contribution < -0.4 is 10.6 Å². The molecule has 0 bridgehead atoms. The van der Waals surface area contributed by atoms with Gasteiger partial charge >= 0.3 is 0 Å². The molecule has 32 heavy (non-hydrogen) atoms. The number of carbonyl (C=O) groups is 1. The number of nitrogens with two attached hydrogens (primary N) is 1. The molecule has 3 aromatic rings. The highest BCUT2D eigenvalue weighted by molar-refractivity contribution is 5.93. The first-order valence-corrected chi connectivity index (χ1v) is 10.3. The largest absolute Gasteiger partial charge is 0.469 e. The number of nitrogens with zero attached hydrogens (tertiary/aromatic N) is 3. The molecule has 0 saturated carbocycles. The maximum absolute atomic E-state index is 11.4. The van der Waals surface area contributed by atoms with Crippen LogP contribution >= 0.6 is 0 Å². The Morgan fingerprint density at radius 3 is 2.72 bits per heavy atom. The maximum Gasteiger partial charge on any atom is 0.248 e. The third-order valence-electron chi connectivity index (χ3n) is 5.66. The number of aryl methyl sites for hydroxylation is 1. The summed E-state index contributed by atoms with van der Waals surface area (Å²) in [5.41, 5.74) is 11.1. The number of carbonyl (C=O) groups excluding carboxylic acids is 1. The zero-order valence-corrected chi connectivity index (χ0v) is 17.8. The number of imidazole rings is 1. The molecule has 0 radical (unpaired) electrons. The number of aromatic nitrogens is 3. The third-order valence-corrected chi connectivity index (χ3v) is 5.66. The van der Waals surface area contributed by atoms with Crippen LogP contribution in [0.3, 0.4) is 0 Å². The smallest absolute Gasteiger partial charge is 0.248 e. The van der Waals surface area contributed by atoms with Gasteiger partial charge in [-0.3, -0.25) is 9.78 Å². The zero-order chi connectivity index (χ0) is 22.2. The lowest BCUT2D eigenvalue weighted by atomic mass is 9.97. The van der Waals surface area contributed by atoms with Crippen LogP contribution in [0.2, 0.25) is 0 Å². The lowest BCUT2D eigenvalue weighted by Gasteiger charge is -2.16. The van der Waals surface area contributed by atoms with Gasteiger partial charge in [0.1, 0.15) is 11.9 Å². The van der Waals surface area contributed by atoms with Crippen molar-refractivity contribution in [3.05, 3.63) is 77.3 Å². The fourth-order valence-electron chi connectivity index (χ4n) is 3.89. The van der Waals surface area contributed by atoms with Crippen molar-refractivity contribution in [3.63, 3.8) is 0 Å². The van der Waals surface area contributed by atoms with Crippen LogP contribution in [0.4, 0.5) is 11.6 Å². The van der Waals surface area contributed by atoms with Gasteiger partial charge in [-0.1, -0.05) is 12.1 Å². The minimum Gasteiger partial charge on any atom is -0.469 e. The first-order valence-electron chi connectivity index (χ1n) is 10.3. The summed E-state index contributed by atoms with van der Waals surface area (Å²) in [6.45, 7) is 2.24. The number of amides is 1. The number of benzene rings is 1. The van der Waals surface area contributed by atoms with E-state index in [4.69, 9.17) is 25.2 Å². The Balaban J connectivity index is 1.56. The van der Waals surface area contributed by atoms with Gasteiger partial charge in [0, 0.05) is 30.4 Å². The van der Waals surface area contributed by atoms with E-state index >= 15 is 0 Å². The van der Waals surface area contributed by atoms with Crippen LogP contribution in [0, 0.1) is 6.92 Å². The molecule has 0 spiro atoms. The van der Waals surface area contributed by atoms with Crippen LogP contribution in [0.15, 0.2) is 60.4 Å². The van der Waals surface area contributed by atoms with E-state index in [0.29, 0.717) is 17.9 Å². The van der Waals surface area contributed by atoms with E-state index in [1.165, 1.54) is 0 Å². The first kappa shape index (κ1) is 20.0. The number of fused-ring (bicyclic) bond motifs is 1.